The molecule has 3 rings (SSSR count). The number of fused-ring (bicyclic) bond motifs is 1. The fourth-order valence-electron chi connectivity index (χ4n) is 6.03. The molecule has 3 aliphatic heterocycles. The van der Waals surface area contributed by atoms with Gasteiger partial charge < -0.3 is 19.6 Å². The summed E-state index contributed by atoms with van der Waals surface area (Å²) in [6, 6.07) is -0.689. The summed E-state index contributed by atoms with van der Waals surface area (Å²) < 4.78 is 4.55. The fourth-order valence-corrected chi connectivity index (χ4v) is 8.37. The number of ether oxygens (including phenoxy) is 1. The van der Waals surface area contributed by atoms with Crippen LogP contribution in [0.2, 0.25) is 0 Å². The standard InChI is InChI=1S/C26H40N2O5S/c1-5-8-10-11-18-33-24(32)20-19-22(30)28(16-17-29)21(26(19)13-12-25(20,4)34-26)23(31)27(14-7-3)15-9-6-2/h5,7,19-21,29H,1,3,6,8-18H2,2,4H3/t19-,20-,21?,25+,26?/m0/s1. The van der Waals surface area contributed by atoms with Crippen molar-refractivity contribution in [2.75, 3.05) is 32.8 Å². The summed E-state index contributed by atoms with van der Waals surface area (Å²) >= 11 is 1.63. The van der Waals surface area contributed by atoms with Gasteiger partial charge in [-0.15, -0.1) is 24.9 Å². The highest BCUT2D eigenvalue weighted by molar-refractivity contribution is 8.02. The van der Waals surface area contributed by atoms with Gasteiger partial charge in [-0.3, -0.25) is 14.4 Å². The molecule has 0 saturated carbocycles. The Kier molecular flexibility index (Phi) is 8.90. The molecule has 0 radical (unpaired) electrons. The van der Waals surface area contributed by atoms with Gasteiger partial charge in [0.15, 0.2) is 0 Å². The lowest BCUT2D eigenvalue weighted by Gasteiger charge is -2.37. The summed E-state index contributed by atoms with van der Waals surface area (Å²) in [6.45, 7) is 12.8. The number of carbonyl (C=O) groups excluding carboxylic acids is 3. The fraction of sp³-hybridized carbons (Fsp3) is 0.731. The van der Waals surface area contributed by atoms with E-state index in [1.165, 1.54) is 4.90 Å². The molecule has 3 fully saturated rings. The lowest BCUT2D eigenvalue weighted by atomic mass is 9.66. The number of hydrogen-bond donors (Lipinski definition) is 1. The summed E-state index contributed by atoms with van der Waals surface area (Å²) in [7, 11) is 0. The van der Waals surface area contributed by atoms with Crippen LogP contribution in [0.15, 0.2) is 25.3 Å². The number of unbranched alkanes of at least 4 members (excludes halogenated alkanes) is 3. The molecule has 3 heterocycles. The maximum Gasteiger partial charge on any atom is 0.311 e. The molecule has 0 aromatic rings. The number of hydrogen-bond acceptors (Lipinski definition) is 6. The highest BCUT2D eigenvalue weighted by Gasteiger charge is 2.77. The Morgan fingerprint density at radius 1 is 1.26 bits per heavy atom. The second kappa shape index (κ2) is 11.3. The number of aliphatic hydroxyl groups excluding tert-OH is 1. The molecule has 0 aromatic heterocycles. The molecule has 190 valence electrons. The smallest absolute Gasteiger partial charge is 0.311 e. The molecule has 5 atom stereocenters. The van der Waals surface area contributed by atoms with Gasteiger partial charge in [0, 0.05) is 24.4 Å². The Morgan fingerprint density at radius 3 is 2.68 bits per heavy atom. The number of nitrogens with zero attached hydrogens (tertiary/aromatic N) is 2. The highest BCUT2D eigenvalue weighted by Crippen LogP contribution is 2.71. The molecule has 7 nitrogen and oxygen atoms in total. The Balaban J connectivity index is 1.90. The third-order valence-electron chi connectivity index (χ3n) is 7.60. The van der Waals surface area contributed by atoms with Gasteiger partial charge in [-0.25, -0.2) is 0 Å². The molecule has 34 heavy (non-hydrogen) atoms. The van der Waals surface area contributed by atoms with E-state index < -0.39 is 27.4 Å². The van der Waals surface area contributed by atoms with Gasteiger partial charge in [-0.2, -0.15) is 0 Å². The van der Waals surface area contributed by atoms with E-state index in [0.29, 0.717) is 26.1 Å². The minimum absolute atomic E-state index is 0.0871. The number of β-amino-alcohol motifs (C(OH)–C–C–N with tert-alkyl or cyclic N) is 1. The lowest BCUT2D eigenvalue weighted by molar-refractivity contribution is -0.155. The van der Waals surface area contributed by atoms with Crippen molar-refractivity contribution in [1.29, 1.82) is 0 Å². The van der Waals surface area contributed by atoms with Crippen molar-refractivity contribution in [3.05, 3.63) is 25.3 Å². The van der Waals surface area contributed by atoms with Gasteiger partial charge in [-0.05, 0) is 45.4 Å². The number of likely N-dealkylation sites (tertiary alicyclic amines) is 1. The number of allylic oxidation sites excluding steroid dienone is 1. The monoisotopic (exact) mass is 492 g/mol. The highest BCUT2D eigenvalue weighted by atomic mass is 32.2. The third-order valence-corrected chi connectivity index (χ3v) is 9.58. The first-order chi connectivity index (χ1) is 16.3. The van der Waals surface area contributed by atoms with E-state index in [2.05, 4.69) is 20.1 Å². The van der Waals surface area contributed by atoms with E-state index in [9.17, 15) is 19.5 Å². The van der Waals surface area contributed by atoms with Gasteiger partial charge in [0.25, 0.3) is 0 Å². The topological polar surface area (TPSA) is 87.1 Å². The van der Waals surface area contributed by atoms with E-state index in [1.807, 2.05) is 13.0 Å². The average Bonchev–Trinajstić information content (AvgIpc) is 3.37. The molecule has 2 unspecified atom stereocenters. The zero-order valence-corrected chi connectivity index (χ0v) is 21.5. The maximum atomic E-state index is 13.9. The van der Waals surface area contributed by atoms with Crippen molar-refractivity contribution in [3.63, 3.8) is 0 Å². The first kappa shape index (κ1) is 26.8. The number of amides is 2. The van der Waals surface area contributed by atoms with Crippen LogP contribution < -0.4 is 0 Å². The van der Waals surface area contributed by atoms with E-state index >= 15 is 0 Å². The van der Waals surface area contributed by atoms with Gasteiger partial charge >= 0.3 is 5.97 Å². The zero-order chi connectivity index (χ0) is 24.9. The minimum Gasteiger partial charge on any atom is -0.465 e. The summed E-state index contributed by atoms with van der Waals surface area (Å²) in [4.78, 5) is 44.3. The van der Waals surface area contributed by atoms with Crippen LogP contribution >= 0.6 is 11.8 Å². The average molecular weight is 493 g/mol. The second-order valence-corrected chi connectivity index (χ2v) is 11.8. The lowest BCUT2D eigenvalue weighted by Crippen LogP contribution is -2.55. The number of carbonyl (C=O) groups is 3. The Hall–Kier alpha value is -1.80. The summed E-state index contributed by atoms with van der Waals surface area (Å²) in [5, 5.41) is 9.73. The van der Waals surface area contributed by atoms with Crippen molar-refractivity contribution in [1.82, 2.24) is 9.80 Å². The van der Waals surface area contributed by atoms with Gasteiger partial charge in [-0.1, -0.05) is 25.5 Å². The Labute approximate surface area is 208 Å². The molecule has 1 spiro atoms. The van der Waals surface area contributed by atoms with Crippen LogP contribution in [0.1, 0.15) is 58.8 Å². The molecule has 1 N–H and O–H groups in total. The minimum atomic E-state index is -0.689. The summed E-state index contributed by atoms with van der Waals surface area (Å²) in [5.74, 6) is -1.83. The van der Waals surface area contributed by atoms with Crippen molar-refractivity contribution < 1.29 is 24.2 Å². The van der Waals surface area contributed by atoms with Crippen LogP contribution in [0.25, 0.3) is 0 Å². The SMILES string of the molecule is C=CCCCCOC(=O)[C@@H]1[C@H]2C(=O)N(CCO)C(C(=O)N(CC=C)CCCC)C23CC[C@@]1(C)S3. The van der Waals surface area contributed by atoms with Crippen molar-refractivity contribution in [2.24, 2.45) is 11.8 Å². The zero-order valence-electron chi connectivity index (χ0n) is 20.7. The normalized spacial score (nSPS) is 31.4. The Morgan fingerprint density at radius 2 is 2.03 bits per heavy atom. The maximum absolute atomic E-state index is 13.9. The van der Waals surface area contributed by atoms with Crippen molar-refractivity contribution in [2.45, 2.75) is 74.3 Å². The molecule has 2 bridgehead atoms. The van der Waals surface area contributed by atoms with Crippen LogP contribution in [0, 0.1) is 11.8 Å². The number of thioether (sulfide) groups is 1. The molecule has 8 heteroatoms. The quantitative estimate of drug-likeness (QED) is 0.228. The molecule has 0 aromatic carbocycles. The first-order valence-electron chi connectivity index (χ1n) is 12.6. The summed E-state index contributed by atoms with van der Waals surface area (Å²) in [6.07, 6.45) is 9.35. The van der Waals surface area contributed by atoms with Crippen molar-refractivity contribution in [3.8, 4) is 0 Å². The predicted octanol–water partition coefficient (Wildman–Crippen LogP) is 3.17. The van der Waals surface area contributed by atoms with Crippen LogP contribution in [0.4, 0.5) is 0 Å². The molecule has 2 amide bonds. The first-order valence-corrected chi connectivity index (χ1v) is 13.4. The van der Waals surface area contributed by atoms with E-state index in [4.69, 9.17) is 4.74 Å². The molecule has 3 saturated heterocycles. The van der Waals surface area contributed by atoms with E-state index in [0.717, 1.165) is 38.5 Å². The van der Waals surface area contributed by atoms with Gasteiger partial charge in [0.2, 0.25) is 11.8 Å². The molecular formula is C26H40N2O5S. The van der Waals surface area contributed by atoms with Crippen molar-refractivity contribution >= 4 is 29.5 Å². The largest absolute Gasteiger partial charge is 0.465 e. The van der Waals surface area contributed by atoms with Crippen LogP contribution in [-0.2, 0) is 19.1 Å². The van der Waals surface area contributed by atoms with Crippen LogP contribution in [-0.4, -0.2) is 81.1 Å². The summed E-state index contributed by atoms with van der Waals surface area (Å²) in [5.41, 5.74) is 0. The predicted molar refractivity (Wildman–Crippen MR) is 134 cm³/mol. The molecule has 3 aliphatic rings. The second-order valence-electron chi connectivity index (χ2n) is 9.86. The van der Waals surface area contributed by atoms with E-state index in [1.54, 1.807) is 22.7 Å². The molecule has 0 aliphatic carbocycles. The Bertz CT molecular complexity index is 804. The number of esters is 1. The van der Waals surface area contributed by atoms with Crippen LogP contribution in [0.3, 0.4) is 0 Å². The van der Waals surface area contributed by atoms with Gasteiger partial charge in [0.1, 0.15) is 6.04 Å². The third kappa shape index (κ3) is 4.68. The number of rotatable bonds is 14. The van der Waals surface area contributed by atoms with E-state index in [-0.39, 0.29) is 30.9 Å². The van der Waals surface area contributed by atoms with Crippen LogP contribution in [0.5, 0.6) is 0 Å². The van der Waals surface area contributed by atoms with Gasteiger partial charge in [0.05, 0.1) is 29.8 Å². The molecular weight excluding hydrogens is 452 g/mol. The number of aliphatic hydroxyl groups is 1.